The van der Waals surface area contributed by atoms with Crippen molar-refractivity contribution in [1.82, 2.24) is 34.5 Å². The molecule has 28 heavy (non-hydrogen) atoms. The molecule has 4 rings (SSSR count). The minimum atomic E-state index is -0.379. The minimum absolute atomic E-state index is 0.0825. The van der Waals surface area contributed by atoms with Crippen molar-refractivity contribution >= 4 is 34.4 Å². The standard InChI is InChI=1S/C18H25N9O/c1-11-14(22-18-23-15(19)13-4-5-20-16(13)24-18)10-21-27(11)12(2)17(28)26-8-6-25(3)7-9-26/h4-5,10,12H,6-9H2,1-3H3,(H4,19,20,22,23,24). The summed E-state index contributed by atoms with van der Waals surface area (Å²) in [6.07, 6.45) is 3.45. The fourth-order valence-electron chi connectivity index (χ4n) is 3.47. The number of amides is 1. The van der Waals surface area contributed by atoms with E-state index >= 15 is 0 Å². The van der Waals surface area contributed by atoms with E-state index in [1.165, 1.54) is 0 Å². The highest BCUT2D eigenvalue weighted by molar-refractivity contribution is 5.87. The van der Waals surface area contributed by atoms with Crippen molar-refractivity contribution in [2.45, 2.75) is 19.9 Å². The first-order valence-electron chi connectivity index (χ1n) is 9.33. The van der Waals surface area contributed by atoms with Crippen molar-refractivity contribution in [3.63, 3.8) is 0 Å². The second kappa shape index (κ2) is 7.12. The first kappa shape index (κ1) is 18.2. The highest BCUT2D eigenvalue weighted by Crippen LogP contribution is 2.24. The number of aromatic amines is 1. The van der Waals surface area contributed by atoms with Gasteiger partial charge in [0, 0.05) is 32.4 Å². The summed E-state index contributed by atoms with van der Waals surface area (Å²) < 4.78 is 1.74. The maximum atomic E-state index is 12.9. The molecule has 0 aliphatic carbocycles. The van der Waals surface area contributed by atoms with Gasteiger partial charge < -0.3 is 25.8 Å². The molecule has 1 aliphatic rings. The summed E-state index contributed by atoms with van der Waals surface area (Å²) in [4.78, 5) is 28.8. The number of anilines is 3. The maximum absolute atomic E-state index is 12.9. The van der Waals surface area contributed by atoms with Crippen LogP contribution in [0.5, 0.6) is 0 Å². The van der Waals surface area contributed by atoms with Crippen LogP contribution in [0.15, 0.2) is 18.5 Å². The lowest BCUT2D eigenvalue weighted by Crippen LogP contribution is -2.49. The van der Waals surface area contributed by atoms with Crippen LogP contribution in [0.1, 0.15) is 18.7 Å². The third-order valence-electron chi connectivity index (χ3n) is 5.28. The summed E-state index contributed by atoms with van der Waals surface area (Å²) >= 11 is 0. The highest BCUT2D eigenvalue weighted by Gasteiger charge is 2.26. The normalized spacial score (nSPS) is 16.5. The second-order valence-electron chi connectivity index (χ2n) is 7.19. The van der Waals surface area contributed by atoms with Gasteiger partial charge in [-0.05, 0) is 27.0 Å². The third-order valence-corrected chi connectivity index (χ3v) is 5.28. The number of H-pyrrole nitrogens is 1. The molecule has 1 amide bonds. The average Bonchev–Trinajstić information content (AvgIpc) is 3.29. The van der Waals surface area contributed by atoms with Gasteiger partial charge >= 0.3 is 0 Å². The molecule has 0 radical (unpaired) electrons. The topological polar surface area (TPSA) is 121 Å². The van der Waals surface area contributed by atoms with Crippen molar-refractivity contribution in [2.75, 3.05) is 44.3 Å². The molecule has 4 N–H and O–H groups in total. The Morgan fingerprint density at radius 1 is 1.29 bits per heavy atom. The molecular weight excluding hydrogens is 358 g/mol. The van der Waals surface area contributed by atoms with Gasteiger partial charge in [-0.15, -0.1) is 0 Å². The lowest BCUT2D eigenvalue weighted by atomic mass is 10.2. The quantitative estimate of drug-likeness (QED) is 0.617. The van der Waals surface area contributed by atoms with E-state index in [2.05, 4.69) is 37.3 Å². The van der Waals surface area contributed by atoms with E-state index < -0.39 is 0 Å². The van der Waals surface area contributed by atoms with E-state index in [0.717, 1.165) is 42.9 Å². The molecule has 0 bridgehead atoms. The second-order valence-corrected chi connectivity index (χ2v) is 7.19. The van der Waals surface area contributed by atoms with E-state index in [0.29, 0.717) is 17.4 Å². The number of carbonyl (C=O) groups is 1. The Morgan fingerprint density at radius 2 is 2.04 bits per heavy atom. The third kappa shape index (κ3) is 3.26. The van der Waals surface area contributed by atoms with Gasteiger partial charge in [0.05, 0.1) is 23.0 Å². The molecule has 1 atom stereocenters. The zero-order valence-corrected chi connectivity index (χ0v) is 16.3. The Bertz CT molecular complexity index is 1000. The van der Waals surface area contributed by atoms with Crippen LogP contribution in [-0.4, -0.2) is 73.7 Å². The van der Waals surface area contributed by atoms with Crippen LogP contribution in [0, 0.1) is 6.92 Å². The van der Waals surface area contributed by atoms with Crippen molar-refractivity contribution < 1.29 is 4.79 Å². The molecule has 10 nitrogen and oxygen atoms in total. The lowest BCUT2D eigenvalue weighted by molar-refractivity contribution is -0.136. The average molecular weight is 383 g/mol. The van der Waals surface area contributed by atoms with E-state index in [4.69, 9.17) is 5.73 Å². The highest BCUT2D eigenvalue weighted by atomic mass is 16.2. The molecule has 10 heteroatoms. The van der Waals surface area contributed by atoms with Gasteiger partial charge in [0.15, 0.2) is 0 Å². The van der Waals surface area contributed by atoms with Gasteiger partial charge in [-0.3, -0.25) is 9.48 Å². The number of likely N-dealkylation sites (N-methyl/N-ethyl adjacent to an activating group) is 1. The van der Waals surface area contributed by atoms with E-state index in [9.17, 15) is 4.79 Å². The van der Waals surface area contributed by atoms with Gasteiger partial charge in [0.2, 0.25) is 11.9 Å². The number of hydrogen-bond acceptors (Lipinski definition) is 7. The van der Waals surface area contributed by atoms with Crippen LogP contribution in [0.4, 0.5) is 17.5 Å². The summed E-state index contributed by atoms with van der Waals surface area (Å²) in [6.45, 7) is 7.07. The number of nitrogens with one attached hydrogen (secondary N) is 2. The minimum Gasteiger partial charge on any atom is -0.383 e. The molecule has 4 heterocycles. The van der Waals surface area contributed by atoms with Crippen molar-refractivity contribution in [1.29, 1.82) is 0 Å². The van der Waals surface area contributed by atoms with Gasteiger partial charge in [-0.1, -0.05) is 0 Å². The molecule has 0 aromatic carbocycles. The SMILES string of the molecule is Cc1c(Nc2nc(N)c3cc[nH]c3n2)cnn1C(C)C(=O)N1CCN(C)CC1. The fraction of sp³-hybridized carbons (Fsp3) is 0.444. The molecule has 1 unspecified atom stereocenters. The Hall–Kier alpha value is -3.14. The number of nitrogen functional groups attached to an aromatic ring is 1. The Balaban J connectivity index is 1.52. The van der Waals surface area contributed by atoms with Gasteiger partial charge in [-0.2, -0.15) is 15.1 Å². The summed E-state index contributed by atoms with van der Waals surface area (Å²) in [5.41, 5.74) is 8.23. The Morgan fingerprint density at radius 3 is 2.79 bits per heavy atom. The number of aromatic nitrogens is 5. The Labute approximate surface area is 162 Å². The summed E-state index contributed by atoms with van der Waals surface area (Å²) in [5.74, 6) is 0.865. The predicted octanol–water partition coefficient (Wildman–Crippen LogP) is 1.12. The zero-order valence-electron chi connectivity index (χ0n) is 16.3. The van der Waals surface area contributed by atoms with Crippen LogP contribution < -0.4 is 11.1 Å². The van der Waals surface area contributed by atoms with Crippen molar-refractivity contribution in [3.8, 4) is 0 Å². The molecule has 0 spiro atoms. The molecule has 1 saturated heterocycles. The largest absolute Gasteiger partial charge is 0.383 e. The predicted molar refractivity (Wildman–Crippen MR) is 107 cm³/mol. The number of fused-ring (bicyclic) bond motifs is 1. The molecule has 1 fully saturated rings. The number of nitrogens with zero attached hydrogens (tertiary/aromatic N) is 6. The lowest BCUT2D eigenvalue weighted by Gasteiger charge is -2.34. The molecule has 3 aromatic rings. The number of rotatable bonds is 4. The van der Waals surface area contributed by atoms with E-state index in [-0.39, 0.29) is 11.9 Å². The number of carbonyl (C=O) groups excluding carboxylic acids is 1. The van der Waals surface area contributed by atoms with Crippen molar-refractivity contribution in [3.05, 3.63) is 24.2 Å². The first-order valence-corrected chi connectivity index (χ1v) is 9.33. The van der Waals surface area contributed by atoms with Gasteiger partial charge in [0.1, 0.15) is 17.5 Å². The van der Waals surface area contributed by atoms with Crippen LogP contribution in [-0.2, 0) is 4.79 Å². The molecule has 0 saturated carbocycles. The Kier molecular flexibility index (Phi) is 4.63. The molecular formula is C18H25N9O. The van der Waals surface area contributed by atoms with E-state index in [1.807, 2.05) is 24.8 Å². The van der Waals surface area contributed by atoms with Crippen LogP contribution in [0.3, 0.4) is 0 Å². The van der Waals surface area contributed by atoms with Gasteiger partial charge in [0.25, 0.3) is 0 Å². The fourth-order valence-corrected chi connectivity index (χ4v) is 3.47. The molecule has 1 aliphatic heterocycles. The monoisotopic (exact) mass is 383 g/mol. The summed E-state index contributed by atoms with van der Waals surface area (Å²) in [6, 6.07) is 1.46. The van der Waals surface area contributed by atoms with Crippen molar-refractivity contribution in [2.24, 2.45) is 0 Å². The van der Waals surface area contributed by atoms with Crippen LogP contribution in [0.2, 0.25) is 0 Å². The number of piperazine rings is 1. The summed E-state index contributed by atoms with van der Waals surface area (Å²) in [5, 5.41) is 8.36. The smallest absolute Gasteiger partial charge is 0.247 e. The summed E-state index contributed by atoms with van der Waals surface area (Å²) in [7, 11) is 2.07. The molecule has 148 valence electrons. The number of hydrogen-bond donors (Lipinski definition) is 3. The number of nitrogens with two attached hydrogens (primary N) is 1. The van der Waals surface area contributed by atoms with Crippen LogP contribution in [0.25, 0.3) is 11.0 Å². The van der Waals surface area contributed by atoms with Gasteiger partial charge in [-0.25, -0.2) is 0 Å². The first-order chi connectivity index (χ1) is 13.4. The maximum Gasteiger partial charge on any atom is 0.247 e. The van der Waals surface area contributed by atoms with Crippen LogP contribution >= 0.6 is 0 Å². The zero-order chi connectivity index (χ0) is 19.8. The molecule has 3 aromatic heterocycles. The van der Waals surface area contributed by atoms with E-state index in [1.54, 1.807) is 17.1 Å².